The molecule has 0 spiro atoms. The van der Waals surface area contributed by atoms with Gasteiger partial charge in [0.1, 0.15) is 5.82 Å². The first-order chi connectivity index (χ1) is 20.2. The molecule has 0 bridgehead atoms. The molecular formula is C38H25ClN2. The quantitative estimate of drug-likeness (QED) is 0.216. The largest absolute Gasteiger partial charge is 0.292 e. The zero-order valence-electron chi connectivity index (χ0n) is 22.3. The summed E-state index contributed by atoms with van der Waals surface area (Å²) < 4.78 is 2.24. The molecule has 0 saturated carbocycles. The van der Waals surface area contributed by atoms with Crippen molar-refractivity contribution < 1.29 is 0 Å². The molecule has 0 fully saturated rings. The Morgan fingerprint density at radius 3 is 2.02 bits per heavy atom. The van der Waals surface area contributed by atoms with Crippen LogP contribution < -0.4 is 0 Å². The van der Waals surface area contributed by atoms with Gasteiger partial charge >= 0.3 is 0 Å². The van der Waals surface area contributed by atoms with Crippen LogP contribution in [0.5, 0.6) is 0 Å². The average Bonchev–Trinajstić information content (AvgIpc) is 3.35. The zero-order valence-corrected chi connectivity index (χ0v) is 23.0. The number of hydrogen-bond donors (Lipinski definition) is 0. The van der Waals surface area contributed by atoms with Gasteiger partial charge in [-0.15, -0.1) is 0 Å². The van der Waals surface area contributed by atoms with E-state index in [1.54, 1.807) is 0 Å². The number of fused-ring (bicyclic) bond motifs is 6. The second-order valence-electron chi connectivity index (χ2n) is 10.5. The molecule has 8 rings (SSSR count). The highest BCUT2D eigenvalue weighted by Gasteiger charge is 2.21. The van der Waals surface area contributed by atoms with Crippen LogP contribution in [0.25, 0.3) is 61.5 Å². The number of aromatic nitrogens is 2. The predicted octanol–water partition coefficient (Wildman–Crippen LogP) is 10.3. The molecular weight excluding hydrogens is 520 g/mol. The Kier molecular flexibility index (Phi) is 5.61. The fourth-order valence-corrected chi connectivity index (χ4v) is 6.41. The van der Waals surface area contributed by atoms with Gasteiger partial charge in [0.2, 0.25) is 0 Å². The summed E-state index contributed by atoms with van der Waals surface area (Å²) in [5.41, 5.74) is 14.1. The molecule has 0 amide bonds. The van der Waals surface area contributed by atoms with Gasteiger partial charge in [0.15, 0.2) is 0 Å². The van der Waals surface area contributed by atoms with Gasteiger partial charge < -0.3 is 0 Å². The topological polar surface area (TPSA) is 17.8 Å². The molecule has 1 aliphatic carbocycles. The van der Waals surface area contributed by atoms with Crippen LogP contribution in [0.15, 0.2) is 140 Å². The maximum absolute atomic E-state index is 6.71. The van der Waals surface area contributed by atoms with Gasteiger partial charge in [-0.3, -0.25) is 4.57 Å². The fraction of sp³-hybridized carbons (Fsp3) is 0.0263. The van der Waals surface area contributed by atoms with E-state index in [0.717, 1.165) is 39.6 Å². The molecule has 1 aromatic heterocycles. The molecule has 3 heteroatoms. The number of para-hydroxylation sites is 3. The van der Waals surface area contributed by atoms with Crippen molar-refractivity contribution >= 4 is 22.6 Å². The van der Waals surface area contributed by atoms with E-state index in [9.17, 15) is 0 Å². The Bertz CT molecular complexity index is 2070. The minimum atomic E-state index is 0.813. The third kappa shape index (κ3) is 3.99. The Morgan fingerprint density at radius 2 is 1.20 bits per heavy atom. The molecule has 0 atom stereocenters. The fourth-order valence-electron chi connectivity index (χ4n) is 6.16. The van der Waals surface area contributed by atoms with E-state index in [2.05, 4.69) is 120 Å². The third-order valence-electron chi connectivity index (χ3n) is 8.15. The van der Waals surface area contributed by atoms with E-state index in [0.29, 0.717) is 0 Å². The smallest absolute Gasteiger partial charge is 0.145 e. The Morgan fingerprint density at radius 1 is 0.537 bits per heavy atom. The lowest BCUT2D eigenvalue weighted by Gasteiger charge is -2.13. The maximum Gasteiger partial charge on any atom is 0.145 e. The Balaban J connectivity index is 1.22. The van der Waals surface area contributed by atoms with Crippen molar-refractivity contribution in [2.45, 2.75) is 6.42 Å². The highest BCUT2D eigenvalue weighted by Crippen LogP contribution is 2.43. The highest BCUT2D eigenvalue weighted by molar-refractivity contribution is 6.32. The summed E-state index contributed by atoms with van der Waals surface area (Å²) in [5.74, 6) is 0.939. The first-order valence-electron chi connectivity index (χ1n) is 13.9. The maximum atomic E-state index is 6.71. The number of hydrogen-bond acceptors (Lipinski definition) is 1. The Hall–Kier alpha value is -4.92. The van der Waals surface area contributed by atoms with Gasteiger partial charge in [-0.25, -0.2) is 4.98 Å². The molecule has 194 valence electrons. The summed E-state index contributed by atoms with van der Waals surface area (Å²) in [6, 6.07) is 49.3. The van der Waals surface area contributed by atoms with Gasteiger partial charge in [-0.1, -0.05) is 115 Å². The van der Waals surface area contributed by atoms with Gasteiger partial charge in [0.25, 0.3) is 0 Å². The molecule has 0 saturated heterocycles. The normalized spacial score (nSPS) is 11.9. The summed E-state index contributed by atoms with van der Waals surface area (Å²) in [6.07, 6.45) is 0.813. The van der Waals surface area contributed by atoms with Crippen LogP contribution in [0.1, 0.15) is 11.1 Å². The number of rotatable bonds is 3. The van der Waals surface area contributed by atoms with Gasteiger partial charge in [-0.2, -0.15) is 0 Å². The van der Waals surface area contributed by atoms with Crippen molar-refractivity contribution in [3.8, 4) is 50.5 Å². The second kappa shape index (κ2) is 9.62. The molecule has 1 aliphatic rings. The van der Waals surface area contributed by atoms with Crippen molar-refractivity contribution in [2.75, 3.05) is 0 Å². The van der Waals surface area contributed by atoms with Crippen LogP contribution in [0.2, 0.25) is 5.02 Å². The number of nitrogens with zero attached hydrogens (tertiary/aromatic N) is 2. The molecule has 0 unspecified atom stereocenters. The molecule has 0 aliphatic heterocycles. The highest BCUT2D eigenvalue weighted by atomic mass is 35.5. The van der Waals surface area contributed by atoms with E-state index in [4.69, 9.17) is 16.6 Å². The lowest BCUT2D eigenvalue weighted by Crippen LogP contribution is -1.97. The van der Waals surface area contributed by atoms with Crippen molar-refractivity contribution in [1.82, 2.24) is 9.55 Å². The van der Waals surface area contributed by atoms with E-state index < -0.39 is 0 Å². The van der Waals surface area contributed by atoms with Gasteiger partial charge in [-0.05, 0) is 80.9 Å². The molecule has 2 nitrogen and oxygen atoms in total. The summed E-state index contributed by atoms with van der Waals surface area (Å²) in [4.78, 5) is 5.03. The summed E-state index contributed by atoms with van der Waals surface area (Å²) in [6.45, 7) is 0. The van der Waals surface area contributed by atoms with Crippen LogP contribution in [-0.4, -0.2) is 9.55 Å². The van der Waals surface area contributed by atoms with E-state index >= 15 is 0 Å². The third-order valence-corrected chi connectivity index (χ3v) is 8.51. The monoisotopic (exact) mass is 544 g/mol. The van der Waals surface area contributed by atoms with Gasteiger partial charge in [0, 0.05) is 22.7 Å². The minimum absolute atomic E-state index is 0.813. The van der Waals surface area contributed by atoms with Crippen molar-refractivity contribution in [2.24, 2.45) is 0 Å². The minimum Gasteiger partial charge on any atom is -0.292 e. The molecule has 1 heterocycles. The van der Waals surface area contributed by atoms with Crippen LogP contribution in [-0.2, 0) is 6.42 Å². The van der Waals surface area contributed by atoms with Crippen molar-refractivity contribution in [3.05, 3.63) is 156 Å². The average molecular weight is 545 g/mol. The first-order valence-corrected chi connectivity index (χ1v) is 14.3. The van der Waals surface area contributed by atoms with E-state index in [1.165, 1.54) is 44.5 Å². The zero-order chi connectivity index (χ0) is 27.3. The Labute approximate surface area is 244 Å². The van der Waals surface area contributed by atoms with Crippen molar-refractivity contribution in [3.63, 3.8) is 0 Å². The van der Waals surface area contributed by atoms with E-state index in [-0.39, 0.29) is 0 Å². The lowest BCUT2D eigenvalue weighted by atomic mass is 9.92. The molecule has 0 N–H and O–H groups in total. The summed E-state index contributed by atoms with van der Waals surface area (Å²) in [7, 11) is 0. The number of benzene rings is 6. The standard InChI is InChI=1S/C38H25ClN2/c39-35-14-8-13-32-30-11-4-5-12-31(30)33-23-27(21-22-28(33)24-34(32)35)25-17-19-26(20-18-25)38-40-36-15-6-7-16-37(36)41(38)29-9-2-1-3-10-29/h1-23H,24H2. The molecule has 6 aromatic carbocycles. The summed E-state index contributed by atoms with van der Waals surface area (Å²) >= 11 is 6.71. The van der Waals surface area contributed by atoms with Crippen LogP contribution in [0, 0.1) is 0 Å². The van der Waals surface area contributed by atoms with Crippen LogP contribution >= 0.6 is 11.6 Å². The summed E-state index contributed by atoms with van der Waals surface area (Å²) in [5, 5.41) is 0.825. The van der Waals surface area contributed by atoms with Crippen LogP contribution in [0.3, 0.4) is 0 Å². The second-order valence-corrected chi connectivity index (χ2v) is 10.9. The first kappa shape index (κ1) is 23.9. The molecule has 7 aromatic rings. The molecule has 0 radical (unpaired) electrons. The van der Waals surface area contributed by atoms with Crippen molar-refractivity contribution in [1.29, 1.82) is 0 Å². The lowest BCUT2D eigenvalue weighted by molar-refractivity contribution is 1.10. The SMILES string of the molecule is Clc1cccc2c1Cc1ccc(-c3ccc(-c4nc5ccccc5n4-c4ccccc4)cc3)cc1-c1ccccc1-2. The number of halogens is 1. The van der Waals surface area contributed by atoms with Gasteiger partial charge in [0.05, 0.1) is 11.0 Å². The van der Waals surface area contributed by atoms with Crippen LogP contribution in [0.4, 0.5) is 0 Å². The number of imidazole rings is 1. The predicted molar refractivity (Wildman–Crippen MR) is 171 cm³/mol. The molecule has 41 heavy (non-hydrogen) atoms. The van der Waals surface area contributed by atoms with E-state index in [1.807, 2.05) is 24.3 Å².